The highest BCUT2D eigenvalue weighted by Gasteiger charge is 2.33. The van der Waals surface area contributed by atoms with Crippen LogP contribution in [0.15, 0.2) is 17.0 Å². The van der Waals surface area contributed by atoms with Crippen molar-refractivity contribution in [3.63, 3.8) is 0 Å². The minimum absolute atomic E-state index is 0.0457. The summed E-state index contributed by atoms with van der Waals surface area (Å²) in [6.07, 6.45) is 1.18. The lowest BCUT2D eigenvalue weighted by Crippen LogP contribution is -2.49. The fraction of sp³-hybridized carbons (Fsp3) is 0.571. The molecule has 1 aromatic rings. The van der Waals surface area contributed by atoms with Crippen LogP contribution in [0.4, 0.5) is 4.39 Å². The number of nitrogens with one attached hydrogen (secondary N) is 1. The van der Waals surface area contributed by atoms with Crippen LogP contribution in [0.3, 0.4) is 0 Å². The molecule has 0 atom stereocenters. The lowest BCUT2D eigenvalue weighted by atomic mass is 9.94. The molecule has 7 heteroatoms. The van der Waals surface area contributed by atoms with Gasteiger partial charge in [0.1, 0.15) is 5.82 Å². The largest absolute Gasteiger partial charge is 0.381 e. The highest BCUT2D eigenvalue weighted by molar-refractivity contribution is 7.89. The molecule has 0 amide bonds. The summed E-state index contributed by atoms with van der Waals surface area (Å²) in [5.74, 6) is -0.560. The maximum absolute atomic E-state index is 13.9. The summed E-state index contributed by atoms with van der Waals surface area (Å²) in [5.41, 5.74) is 5.48. The van der Waals surface area contributed by atoms with Crippen LogP contribution in [0.5, 0.6) is 0 Å². The van der Waals surface area contributed by atoms with Crippen LogP contribution in [0.1, 0.15) is 30.9 Å². The number of ether oxygens (including phenoxy) is 1. The number of hydrogen-bond acceptors (Lipinski definition) is 4. The van der Waals surface area contributed by atoms with Crippen LogP contribution in [-0.2, 0) is 21.3 Å². The van der Waals surface area contributed by atoms with E-state index in [0.717, 1.165) is 0 Å². The first-order valence-electron chi connectivity index (χ1n) is 6.88. The Morgan fingerprint density at radius 3 is 2.57 bits per heavy atom. The third-order valence-electron chi connectivity index (χ3n) is 3.86. The molecule has 1 fully saturated rings. The molecule has 0 spiro atoms. The second kappa shape index (κ2) is 6.00. The van der Waals surface area contributed by atoms with Gasteiger partial charge in [-0.05, 0) is 44.4 Å². The van der Waals surface area contributed by atoms with Gasteiger partial charge in [-0.3, -0.25) is 0 Å². The molecule has 0 radical (unpaired) electrons. The van der Waals surface area contributed by atoms with E-state index in [0.29, 0.717) is 31.6 Å². The van der Waals surface area contributed by atoms with E-state index < -0.39 is 21.4 Å². The van der Waals surface area contributed by atoms with Crippen molar-refractivity contribution in [3.05, 3.63) is 29.1 Å². The van der Waals surface area contributed by atoms with E-state index in [9.17, 15) is 12.8 Å². The van der Waals surface area contributed by atoms with E-state index in [-0.39, 0.29) is 17.0 Å². The van der Waals surface area contributed by atoms with Gasteiger partial charge in [0.2, 0.25) is 10.0 Å². The molecule has 1 saturated heterocycles. The van der Waals surface area contributed by atoms with Crippen LogP contribution in [-0.4, -0.2) is 27.2 Å². The maximum atomic E-state index is 13.9. The van der Waals surface area contributed by atoms with Crippen molar-refractivity contribution >= 4 is 10.0 Å². The zero-order valence-electron chi connectivity index (χ0n) is 12.3. The molecule has 1 aliphatic rings. The van der Waals surface area contributed by atoms with Gasteiger partial charge in [-0.15, -0.1) is 0 Å². The standard InChI is InChI=1S/C14H21FN2O3S/c1-10-12(15)7-11(9-16)8-13(10)21(18,19)17-14(2)3-5-20-6-4-14/h7-8,17H,3-6,9,16H2,1-2H3. The van der Waals surface area contributed by atoms with Gasteiger partial charge in [0, 0.05) is 30.9 Å². The van der Waals surface area contributed by atoms with Crippen molar-refractivity contribution < 1.29 is 17.5 Å². The molecule has 5 nitrogen and oxygen atoms in total. The molecule has 2 rings (SSSR count). The van der Waals surface area contributed by atoms with Crippen LogP contribution in [0.25, 0.3) is 0 Å². The van der Waals surface area contributed by atoms with Gasteiger partial charge in [-0.2, -0.15) is 0 Å². The average Bonchev–Trinajstić information content (AvgIpc) is 2.41. The van der Waals surface area contributed by atoms with Crippen molar-refractivity contribution in [1.82, 2.24) is 4.72 Å². The number of nitrogens with two attached hydrogens (primary N) is 1. The third kappa shape index (κ3) is 3.60. The smallest absolute Gasteiger partial charge is 0.241 e. The number of halogens is 1. The Kier molecular flexibility index (Phi) is 4.67. The minimum atomic E-state index is -3.81. The Bertz CT molecular complexity index is 625. The van der Waals surface area contributed by atoms with E-state index in [1.165, 1.54) is 19.1 Å². The number of benzene rings is 1. The second-order valence-electron chi connectivity index (χ2n) is 5.68. The average molecular weight is 316 g/mol. The zero-order valence-corrected chi connectivity index (χ0v) is 13.1. The molecule has 0 aliphatic carbocycles. The second-order valence-corrected chi connectivity index (χ2v) is 7.33. The molecule has 3 N–H and O–H groups in total. The topological polar surface area (TPSA) is 81.4 Å². The molecule has 118 valence electrons. The quantitative estimate of drug-likeness (QED) is 0.881. The Hall–Kier alpha value is -1.02. The van der Waals surface area contributed by atoms with Gasteiger partial charge in [-0.1, -0.05) is 0 Å². The molecule has 0 aromatic heterocycles. The van der Waals surface area contributed by atoms with Crippen molar-refractivity contribution in [1.29, 1.82) is 0 Å². The van der Waals surface area contributed by atoms with E-state index in [1.54, 1.807) is 0 Å². The summed E-state index contributed by atoms with van der Waals surface area (Å²) in [4.78, 5) is -0.0457. The molecule has 1 heterocycles. The molecular weight excluding hydrogens is 295 g/mol. The van der Waals surface area contributed by atoms with Crippen molar-refractivity contribution in [3.8, 4) is 0 Å². The summed E-state index contributed by atoms with van der Waals surface area (Å²) >= 11 is 0. The SMILES string of the molecule is Cc1c(F)cc(CN)cc1S(=O)(=O)NC1(C)CCOCC1. The maximum Gasteiger partial charge on any atom is 0.241 e. The van der Waals surface area contributed by atoms with Gasteiger partial charge >= 0.3 is 0 Å². The predicted octanol–water partition coefficient (Wildman–Crippen LogP) is 1.44. The van der Waals surface area contributed by atoms with Gasteiger partial charge in [-0.25, -0.2) is 17.5 Å². The van der Waals surface area contributed by atoms with Crippen LogP contribution in [0.2, 0.25) is 0 Å². The lowest BCUT2D eigenvalue weighted by Gasteiger charge is -2.34. The summed E-state index contributed by atoms with van der Waals surface area (Å²) < 4.78 is 47.0. The first-order chi connectivity index (χ1) is 9.77. The fourth-order valence-electron chi connectivity index (χ4n) is 2.41. The summed E-state index contributed by atoms with van der Waals surface area (Å²) in [7, 11) is -3.81. The van der Waals surface area contributed by atoms with Crippen molar-refractivity contribution in [2.75, 3.05) is 13.2 Å². The first kappa shape index (κ1) is 16.4. The van der Waals surface area contributed by atoms with Gasteiger partial charge in [0.25, 0.3) is 0 Å². The molecule has 21 heavy (non-hydrogen) atoms. The van der Waals surface area contributed by atoms with Crippen LogP contribution < -0.4 is 10.5 Å². The number of hydrogen-bond donors (Lipinski definition) is 2. The Morgan fingerprint density at radius 1 is 1.38 bits per heavy atom. The molecule has 0 unspecified atom stereocenters. The van der Waals surface area contributed by atoms with E-state index >= 15 is 0 Å². The summed E-state index contributed by atoms with van der Waals surface area (Å²) in [6.45, 7) is 4.40. The normalized spacial score (nSPS) is 18.7. The summed E-state index contributed by atoms with van der Waals surface area (Å²) in [5, 5.41) is 0. The van der Waals surface area contributed by atoms with E-state index in [4.69, 9.17) is 10.5 Å². The van der Waals surface area contributed by atoms with Gasteiger partial charge < -0.3 is 10.5 Å². The number of rotatable bonds is 4. The third-order valence-corrected chi connectivity index (χ3v) is 5.62. The first-order valence-corrected chi connectivity index (χ1v) is 8.36. The van der Waals surface area contributed by atoms with Crippen LogP contribution >= 0.6 is 0 Å². The molecule has 1 aliphatic heterocycles. The van der Waals surface area contributed by atoms with E-state index in [1.807, 2.05) is 6.92 Å². The monoisotopic (exact) mass is 316 g/mol. The Morgan fingerprint density at radius 2 is 2.00 bits per heavy atom. The molecule has 0 bridgehead atoms. The van der Waals surface area contributed by atoms with Gasteiger partial charge in [0.15, 0.2) is 0 Å². The van der Waals surface area contributed by atoms with Gasteiger partial charge in [0.05, 0.1) is 4.90 Å². The zero-order chi connectivity index (χ0) is 15.7. The molecule has 1 aromatic carbocycles. The van der Waals surface area contributed by atoms with E-state index in [2.05, 4.69) is 4.72 Å². The summed E-state index contributed by atoms with van der Waals surface area (Å²) in [6, 6.07) is 2.70. The van der Waals surface area contributed by atoms with Crippen LogP contribution in [0, 0.1) is 12.7 Å². The fourth-order valence-corrected chi connectivity index (χ4v) is 4.18. The van der Waals surface area contributed by atoms with Crippen molar-refractivity contribution in [2.45, 2.75) is 43.7 Å². The molecular formula is C14H21FN2O3S. The highest BCUT2D eigenvalue weighted by Crippen LogP contribution is 2.26. The highest BCUT2D eigenvalue weighted by atomic mass is 32.2. The Labute approximate surface area is 124 Å². The number of sulfonamides is 1. The molecule has 0 saturated carbocycles. The van der Waals surface area contributed by atoms with Crippen molar-refractivity contribution in [2.24, 2.45) is 5.73 Å². The minimum Gasteiger partial charge on any atom is -0.381 e. The lowest BCUT2D eigenvalue weighted by molar-refractivity contribution is 0.0537. The predicted molar refractivity (Wildman–Crippen MR) is 77.8 cm³/mol. The Balaban J connectivity index is 2.37.